The van der Waals surface area contributed by atoms with Crippen molar-refractivity contribution in [2.45, 2.75) is 46.6 Å². The third-order valence-electron chi connectivity index (χ3n) is 9.48. The summed E-state index contributed by atoms with van der Waals surface area (Å²) in [6.45, 7) is 10.6. The molecule has 2 bridgehead atoms. The van der Waals surface area contributed by atoms with Crippen LogP contribution in [0.4, 0.5) is 5.82 Å². The first-order chi connectivity index (χ1) is 23.2. The third kappa shape index (κ3) is 6.55. The number of amides is 2. The number of likely N-dealkylation sites (N-methyl/N-ethyl adjacent to an activating group) is 1. The van der Waals surface area contributed by atoms with Crippen molar-refractivity contribution >= 4 is 39.6 Å². The first-order valence-corrected chi connectivity index (χ1v) is 16.6. The molecule has 1 unspecified atom stereocenters. The van der Waals surface area contributed by atoms with Gasteiger partial charge in [0, 0.05) is 74.9 Å². The number of carbonyl (C=O) groups excluding carboxylic acids is 2. The van der Waals surface area contributed by atoms with Crippen LogP contribution in [0.25, 0.3) is 22.0 Å². The molecule has 2 amide bonds. The van der Waals surface area contributed by atoms with Gasteiger partial charge in [-0.2, -0.15) is 0 Å². The smallest absolute Gasteiger partial charge is 0.258 e. The van der Waals surface area contributed by atoms with Crippen molar-refractivity contribution in [3.8, 4) is 17.2 Å². The second-order valence-corrected chi connectivity index (χ2v) is 12.6. The first-order valence-electron chi connectivity index (χ1n) is 16.6. The molecule has 13 nitrogen and oxygen atoms in total. The van der Waals surface area contributed by atoms with Crippen LogP contribution < -0.4 is 24.4 Å². The van der Waals surface area contributed by atoms with E-state index in [-0.39, 0.29) is 30.7 Å². The SMILES string of the molecule is CCN1CCN(C(=O)c2cc(C)nc3onc(C)c23)CCC(=O)NCC2CCCN(C2)c2nc3cc(OC)c(OC)c(OC)c3cc2C1. The average Bonchev–Trinajstić information content (AvgIpc) is 3.47. The molecule has 1 aromatic carbocycles. The van der Waals surface area contributed by atoms with Gasteiger partial charge in [0.15, 0.2) is 11.5 Å². The molecule has 0 saturated carbocycles. The van der Waals surface area contributed by atoms with Crippen LogP contribution in [0, 0.1) is 19.8 Å². The number of rotatable bonds is 5. The molecule has 6 rings (SSSR count). The zero-order valence-corrected chi connectivity index (χ0v) is 28.7. The van der Waals surface area contributed by atoms with E-state index in [0.717, 1.165) is 54.8 Å². The lowest BCUT2D eigenvalue weighted by Gasteiger charge is -2.35. The lowest BCUT2D eigenvalue weighted by atomic mass is 9.97. The number of methoxy groups -OCH3 is 3. The Balaban J connectivity index is 1.40. The minimum atomic E-state index is -0.175. The van der Waals surface area contributed by atoms with E-state index in [2.05, 4.69) is 38.2 Å². The van der Waals surface area contributed by atoms with Gasteiger partial charge in [-0.1, -0.05) is 12.1 Å². The van der Waals surface area contributed by atoms with E-state index in [4.69, 9.17) is 23.7 Å². The summed E-state index contributed by atoms with van der Waals surface area (Å²) in [5, 5.41) is 8.65. The number of aryl methyl sites for hydroxylation is 2. The van der Waals surface area contributed by atoms with Gasteiger partial charge in [0.2, 0.25) is 11.7 Å². The van der Waals surface area contributed by atoms with E-state index in [1.165, 1.54) is 0 Å². The van der Waals surface area contributed by atoms with Crippen molar-refractivity contribution in [3.63, 3.8) is 0 Å². The van der Waals surface area contributed by atoms with Gasteiger partial charge in [-0.3, -0.25) is 14.5 Å². The number of nitrogens with zero attached hydrogens (tertiary/aromatic N) is 6. The molecule has 13 heteroatoms. The summed E-state index contributed by atoms with van der Waals surface area (Å²) in [7, 11) is 4.83. The van der Waals surface area contributed by atoms with Crippen LogP contribution in [0.5, 0.6) is 17.2 Å². The number of piperidine rings is 1. The quantitative estimate of drug-likeness (QED) is 0.332. The van der Waals surface area contributed by atoms with Crippen molar-refractivity contribution in [2.75, 3.05) is 72.0 Å². The Morgan fingerprint density at radius 1 is 1.02 bits per heavy atom. The fourth-order valence-corrected chi connectivity index (χ4v) is 6.94. The molecular weight excluding hydrogens is 614 g/mol. The zero-order valence-electron chi connectivity index (χ0n) is 28.7. The minimum absolute atomic E-state index is 0.0676. The second kappa shape index (κ2) is 14.2. The average molecular weight is 660 g/mol. The van der Waals surface area contributed by atoms with E-state index in [1.54, 1.807) is 39.2 Å². The highest BCUT2D eigenvalue weighted by Gasteiger charge is 2.28. The number of aromatic nitrogens is 3. The highest BCUT2D eigenvalue weighted by atomic mass is 16.5. The Morgan fingerprint density at radius 2 is 1.83 bits per heavy atom. The maximum Gasteiger partial charge on any atom is 0.258 e. The topological polar surface area (TPSA) is 135 Å². The standard InChI is InChI=1S/C35H45N7O6/c1-7-40-13-14-41(35(44)26-15-21(2)37-34-30(26)22(3)39-48-34)12-10-29(43)36-18-23-9-8-11-42(19-23)33-24(20-40)16-25-27(38-33)17-28(45-4)32(47-6)31(25)46-5/h15-17,23H,7-14,18-20H2,1-6H3,(H,36,43). The molecular formula is C35H45N7O6. The Morgan fingerprint density at radius 3 is 2.58 bits per heavy atom. The Labute approximate surface area is 280 Å². The van der Waals surface area contributed by atoms with Gasteiger partial charge in [-0.05, 0) is 51.3 Å². The van der Waals surface area contributed by atoms with Gasteiger partial charge in [0.25, 0.3) is 11.6 Å². The molecule has 0 radical (unpaired) electrons. The lowest BCUT2D eigenvalue weighted by Crippen LogP contribution is -2.42. The summed E-state index contributed by atoms with van der Waals surface area (Å²) < 4.78 is 22.6. The van der Waals surface area contributed by atoms with Crippen LogP contribution in [0.3, 0.4) is 0 Å². The fourth-order valence-electron chi connectivity index (χ4n) is 6.94. The van der Waals surface area contributed by atoms with E-state index >= 15 is 0 Å². The van der Waals surface area contributed by atoms with Gasteiger partial charge in [-0.15, -0.1) is 0 Å². The maximum atomic E-state index is 14.2. The molecule has 1 atom stereocenters. The van der Waals surface area contributed by atoms with Crippen LogP contribution in [-0.2, 0) is 11.3 Å². The highest BCUT2D eigenvalue weighted by Crippen LogP contribution is 2.44. The number of carbonyl (C=O) groups is 2. The monoisotopic (exact) mass is 659 g/mol. The maximum absolute atomic E-state index is 14.2. The molecule has 48 heavy (non-hydrogen) atoms. The van der Waals surface area contributed by atoms with E-state index in [0.29, 0.717) is 71.5 Å². The molecule has 1 saturated heterocycles. The molecule has 3 aromatic heterocycles. The van der Waals surface area contributed by atoms with Crippen LogP contribution in [0.15, 0.2) is 22.7 Å². The van der Waals surface area contributed by atoms with E-state index < -0.39 is 0 Å². The summed E-state index contributed by atoms with van der Waals surface area (Å²) in [4.78, 5) is 43.5. The number of hydrogen-bond donors (Lipinski definition) is 1. The van der Waals surface area contributed by atoms with Crippen LogP contribution in [0.2, 0.25) is 0 Å². The lowest BCUT2D eigenvalue weighted by molar-refractivity contribution is -0.121. The first kappa shape index (κ1) is 33.3. The second-order valence-electron chi connectivity index (χ2n) is 12.6. The van der Waals surface area contributed by atoms with Crippen molar-refractivity contribution in [3.05, 3.63) is 40.7 Å². The minimum Gasteiger partial charge on any atom is -0.493 e. The van der Waals surface area contributed by atoms with Crippen molar-refractivity contribution in [1.82, 2.24) is 30.2 Å². The summed E-state index contributed by atoms with van der Waals surface area (Å²) in [5.41, 5.74) is 3.89. The van der Waals surface area contributed by atoms with Crippen molar-refractivity contribution in [2.24, 2.45) is 5.92 Å². The highest BCUT2D eigenvalue weighted by molar-refractivity contribution is 6.06. The van der Waals surface area contributed by atoms with Crippen LogP contribution >= 0.6 is 0 Å². The number of pyridine rings is 2. The number of anilines is 1. The number of benzene rings is 1. The largest absolute Gasteiger partial charge is 0.493 e. The summed E-state index contributed by atoms with van der Waals surface area (Å²) >= 11 is 0. The summed E-state index contributed by atoms with van der Waals surface area (Å²) in [6.07, 6.45) is 2.22. The predicted octanol–water partition coefficient (Wildman–Crippen LogP) is 4.11. The number of fused-ring (bicyclic) bond motifs is 6. The van der Waals surface area contributed by atoms with Gasteiger partial charge >= 0.3 is 0 Å². The molecule has 1 fully saturated rings. The Hall–Kier alpha value is -4.65. The Kier molecular flexibility index (Phi) is 9.86. The molecule has 2 aliphatic rings. The number of ether oxygens (including phenoxy) is 3. The fraction of sp³-hybridized carbons (Fsp3) is 0.514. The van der Waals surface area contributed by atoms with E-state index in [9.17, 15) is 9.59 Å². The van der Waals surface area contributed by atoms with E-state index in [1.807, 2.05) is 13.0 Å². The summed E-state index contributed by atoms with van der Waals surface area (Å²) in [6, 6.07) is 5.82. The van der Waals surface area contributed by atoms with Crippen LogP contribution in [-0.4, -0.2) is 104 Å². The van der Waals surface area contributed by atoms with Crippen LogP contribution in [0.1, 0.15) is 53.5 Å². The van der Waals surface area contributed by atoms with Gasteiger partial charge in [-0.25, -0.2) is 9.97 Å². The number of nitrogens with one attached hydrogen (secondary N) is 1. The molecule has 0 spiro atoms. The predicted molar refractivity (Wildman–Crippen MR) is 182 cm³/mol. The van der Waals surface area contributed by atoms with Gasteiger partial charge < -0.3 is 33.9 Å². The molecule has 4 aromatic rings. The molecule has 1 N–H and O–H groups in total. The van der Waals surface area contributed by atoms with Gasteiger partial charge in [0.1, 0.15) is 5.82 Å². The van der Waals surface area contributed by atoms with Crippen molar-refractivity contribution in [1.29, 1.82) is 0 Å². The van der Waals surface area contributed by atoms with Crippen molar-refractivity contribution < 1.29 is 28.3 Å². The molecule has 2 aliphatic heterocycles. The molecule has 5 heterocycles. The third-order valence-corrected chi connectivity index (χ3v) is 9.48. The van der Waals surface area contributed by atoms with Gasteiger partial charge in [0.05, 0.1) is 43.5 Å². The number of hydrogen-bond acceptors (Lipinski definition) is 11. The molecule has 256 valence electrons. The Bertz CT molecular complexity index is 1820. The zero-order chi connectivity index (χ0) is 33.9. The summed E-state index contributed by atoms with van der Waals surface area (Å²) in [5.74, 6) is 2.57. The molecule has 0 aliphatic carbocycles. The normalized spacial score (nSPS) is 18.2.